The number of hydrogen-bond acceptors (Lipinski definition) is 4. The fourth-order valence-corrected chi connectivity index (χ4v) is 2.34. The third kappa shape index (κ3) is 4.80. The van der Waals surface area contributed by atoms with Gasteiger partial charge in [-0.2, -0.15) is 18.4 Å². The van der Waals surface area contributed by atoms with Crippen LogP contribution in [0.25, 0.3) is 0 Å². The molecule has 1 aromatic heterocycles. The van der Waals surface area contributed by atoms with Crippen LogP contribution in [0.3, 0.4) is 0 Å². The minimum Gasteiger partial charge on any atom is -0.255 e. The van der Waals surface area contributed by atoms with Crippen molar-refractivity contribution in [3.05, 3.63) is 23.9 Å². The summed E-state index contributed by atoms with van der Waals surface area (Å²) in [5.41, 5.74) is -0.199. The molecule has 17 heavy (non-hydrogen) atoms. The molecule has 0 aliphatic carbocycles. The number of hydrogen-bond donors (Lipinski definition) is 2. The summed E-state index contributed by atoms with van der Waals surface area (Å²) >= 11 is 0. The lowest BCUT2D eigenvalue weighted by atomic mass is 10.1. The SMILES string of the molecule is CC(C)(C)NS(=O)(=O)Nc1ccc(C#N)cn1. The second-order valence-electron chi connectivity index (χ2n) is 4.50. The van der Waals surface area contributed by atoms with Crippen molar-refractivity contribution in [1.29, 1.82) is 5.26 Å². The number of anilines is 1. The van der Waals surface area contributed by atoms with Crippen LogP contribution in [0.4, 0.5) is 5.82 Å². The van der Waals surface area contributed by atoms with Gasteiger partial charge in [0.25, 0.3) is 0 Å². The predicted octanol–water partition coefficient (Wildman–Crippen LogP) is 0.998. The number of aromatic nitrogens is 1. The van der Waals surface area contributed by atoms with Crippen LogP contribution in [-0.4, -0.2) is 18.9 Å². The van der Waals surface area contributed by atoms with Gasteiger partial charge in [0, 0.05) is 11.7 Å². The summed E-state index contributed by atoms with van der Waals surface area (Å²) in [7, 11) is -3.66. The Balaban J connectivity index is 2.81. The molecule has 0 unspecified atom stereocenters. The molecule has 0 saturated carbocycles. The van der Waals surface area contributed by atoms with Crippen LogP contribution in [0.15, 0.2) is 18.3 Å². The fourth-order valence-electron chi connectivity index (χ4n) is 1.09. The first-order valence-corrected chi connectivity index (χ1v) is 6.38. The van der Waals surface area contributed by atoms with E-state index in [9.17, 15) is 8.42 Å². The van der Waals surface area contributed by atoms with E-state index >= 15 is 0 Å². The molecule has 6 nitrogen and oxygen atoms in total. The van der Waals surface area contributed by atoms with E-state index in [0.717, 1.165) is 0 Å². The third-order valence-corrected chi connectivity index (χ3v) is 2.93. The van der Waals surface area contributed by atoms with Crippen molar-refractivity contribution in [3.63, 3.8) is 0 Å². The van der Waals surface area contributed by atoms with Gasteiger partial charge in [-0.15, -0.1) is 0 Å². The average molecular weight is 254 g/mol. The normalized spacial score (nSPS) is 11.9. The van der Waals surface area contributed by atoms with Gasteiger partial charge in [-0.05, 0) is 32.9 Å². The Kier molecular flexibility index (Phi) is 3.70. The molecular weight excluding hydrogens is 240 g/mol. The molecule has 0 aromatic carbocycles. The maximum Gasteiger partial charge on any atom is 0.300 e. The van der Waals surface area contributed by atoms with E-state index in [1.165, 1.54) is 18.3 Å². The zero-order chi connectivity index (χ0) is 13.1. The quantitative estimate of drug-likeness (QED) is 0.841. The summed E-state index contributed by atoms with van der Waals surface area (Å²) in [6.45, 7) is 5.20. The lowest BCUT2D eigenvalue weighted by molar-refractivity contribution is 0.494. The van der Waals surface area contributed by atoms with Crippen molar-refractivity contribution in [3.8, 4) is 6.07 Å². The fraction of sp³-hybridized carbons (Fsp3) is 0.400. The molecule has 0 radical (unpaired) electrons. The highest BCUT2D eigenvalue weighted by molar-refractivity contribution is 7.90. The summed E-state index contributed by atoms with van der Waals surface area (Å²) in [4.78, 5) is 3.81. The third-order valence-electron chi connectivity index (χ3n) is 1.57. The molecule has 0 bridgehead atoms. The molecule has 0 fully saturated rings. The van der Waals surface area contributed by atoms with E-state index in [4.69, 9.17) is 5.26 Å². The zero-order valence-corrected chi connectivity index (χ0v) is 10.7. The Hall–Kier alpha value is -1.65. The van der Waals surface area contributed by atoms with Crippen LogP contribution in [0.1, 0.15) is 26.3 Å². The Bertz CT molecular complexity index is 523. The van der Waals surface area contributed by atoms with E-state index in [1.54, 1.807) is 20.8 Å². The van der Waals surface area contributed by atoms with Crippen LogP contribution in [0.2, 0.25) is 0 Å². The molecule has 7 heteroatoms. The summed E-state index contributed by atoms with van der Waals surface area (Å²) in [5, 5.41) is 8.57. The standard InChI is InChI=1S/C10H14N4O2S/c1-10(2,3)14-17(15,16)13-9-5-4-8(6-11)7-12-9/h4-5,7,14H,1-3H3,(H,12,13). The number of nitrogens with one attached hydrogen (secondary N) is 2. The van der Waals surface area contributed by atoms with E-state index in [1.807, 2.05) is 6.07 Å². The van der Waals surface area contributed by atoms with Gasteiger partial charge >= 0.3 is 10.2 Å². The van der Waals surface area contributed by atoms with Crippen LogP contribution in [0, 0.1) is 11.3 Å². The monoisotopic (exact) mass is 254 g/mol. The van der Waals surface area contributed by atoms with Crippen molar-refractivity contribution in [2.24, 2.45) is 0 Å². The van der Waals surface area contributed by atoms with Gasteiger partial charge in [0.1, 0.15) is 11.9 Å². The Morgan fingerprint density at radius 1 is 1.35 bits per heavy atom. The second-order valence-corrected chi connectivity index (χ2v) is 5.92. The molecule has 92 valence electrons. The van der Waals surface area contributed by atoms with Crippen molar-refractivity contribution >= 4 is 16.0 Å². The van der Waals surface area contributed by atoms with Crippen LogP contribution < -0.4 is 9.44 Å². The topological polar surface area (TPSA) is 94.9 Å². The van der Waals surface area contributed by atoms with Gasteiger partial charge in [0.2, 0.25) is 0 Å². The van der Waals surface area contributed by atoms with Gasteiger partial charge in [0.05, 0.1) is 5.56 Å². The molecule has 0 saturated heterocycles. The molecular formula is C10H14N4O2S. The van der Waals surface area contributed by atoms with Gasteiger partial charge in [-0.3, -0.25) is 4.72 Å². The maximum absolute atomic E-state index is 11.6. The van der Waals surface area contributed by atoms with Crippen molar-refractivity contribution in [2.45, 2.75) is 26.3 Å². The van der Waals surface area contributed by atoms with E-state index in [2.05, 4.69) is 14.4 Å². The molecule has 1 aromatic rings. The highest BCUT2D eigenvalue weighted by Gasteiger charge is 2.19. The van der Waals surface area contributed by atoms with E-state index in [-0.39, 0.29) is 5.82 Å². The van der Waals surface area contributed by atoms with Gasteiger partial charge in [0.15, 0.2) is 0 Å². The van der Waals surface area contributed by atoms with Gasteiger partial charge in [-0.25, -0.2) is 4.98 Å². The minimum absolute atomic E-state index is 0.167. The van der Waals surface area contributed by atoms with Crippen LogP contribution in [-0.2, 0) is 10.2 Å². The van der Waals surface area contributed by atoms with Gasteiger partial charge < -0.3 is 0 Å². The molecule has 1 rings (SSSR count). The van der Waals surface area contributed by atoms with Crippen LogP contribution in [0.5, 0.6) is 0 Å². The Labute approximate surface area is 101 Å². The highest BCUT2D eigenvalue weighted by atomic mass is 32.2. The molecule has 0 aliphatic rings. The second kappa shape index (κ2) is 4.69. The number of nitriles is 1. The first kappa shape index (κ1) is 13.4. The molecule has 0 amide bonds. The molecule has 2 N–H and O–H groups in total. The predicted molar refractivity (Wildman–Crippen MR) is 64.4 cm³/mol. The smallest absolute Gasteiger partial charge is 0.255 e. The lowest BCUT2D eigenvalue weighted by Crippen LogP contribution is -2.43. The Morgan fingerprint density at radius 2 is 2.00 bits per heavy atom. The van der Waals surface area contributed by atoms with Crippen molar-refractivity contribution in [1.82, 2.24) is 9.71 Å². The zero-order valence-electron chi connectivity index (χ0n) is 9.85. The Morgan fingerprint density at radius 3 is 2.41 bits per heavy atom. The number of rotatable bonds is 3. The first-order valence-electron chi connectivity index (χ1n) is 4.90. The summed E-state index contributed by atoms with van der Waals surface area (Å²) in [6.07, 6.45) is 1.30. The maximum atomic E-state index is 11.6. The average Bonchev–Trinajstić information content (AvgIpc) is 2.14. The summed E-state index contributed by atoms with van der Waals surface area (Å²) in [6, 6.07) is 4.82. The summed E-state index contributed by atoms with van der Waals surface area (Å²) < 4.78 is 28.0. The molecule has 0 atom stereocenters. The van der Waals surface area contributed by atoms with Crippen LogP contribution >= 0.6 is 0 Å². The highest BCUT2D eigenvalue weighted by Crippen LogP contribution is 2.08. The summed E-state index contributed by atoms with van der Waals surface area (Å²) in [5.74, 6) is 0.167. The molecule has 1 heterocycles. The first-order chi connectivity index (χ1) is 7.72. The van der Waals surface area contributed by atoms with Crippen molar-refractivity contribution < 1.29 is 8.42 Å². The minimum atomic E-state index is -3.66. The number of nitrogens with zero attached hydrogens (tertiary/aromatic N) is 2. The van der Waals surface area contributed by atoms with E-state index in [0.29, 0.717) is 5.56 Å². The van der Waals surface area contributed by atoms with Crippen molar-refractivity contribution in [2.75, 3.05) is 4.72 Å². The number of pyridine rings is 1. The lowest BCUT2D eigenvalue weighted by Gasteiger charge is -2.20. The molecule has 0 aliphatic heterocycles. The molecule has 0 spiro atoms. The van der Waals surface area contributed by atoms with E-state index < -0.39 is 15.7 Å². The van der Waals surface area contributed by atoms with Gasteiger partial charge in [-0.1, -0.05) is 0 Å². The largest absolute Gasteiger partial charge is 0.300 e.